The first-order valence-corrected chi connectivity index (χ1v) is 9.43. The van der Waals surface area contributed by atoms with Crippen LogP contribution in [0.1, 0.15) is 50.3 Å². The molecule has 0 bridgehead atoms. The normalized spacial score (nSPS) is 11.7. The lowest BCUT2D eigenvalue weighted by Crippen LogP contribution is -2.43. The van der Waals surface area contributed by atoms with Gasteiger partial charge in [-0.15, -0.1) is 0 Å². The molecule has 0 aliphatic carbocycles. The third-order valence-corrected chi connectivity index (χ3v) is 4.27. The third-order valence-electron chi connectivity index (χ3n) is 4.27. The van der Waals surface area contributed by atoms with E-state index >= 15 is 0 Å². The van der Waals surface area contributed by atoms with E-state index < -0.39 is 6.04 Å². The van der Waals surface area contributed by atoms with Gasteiger partial charge < -0.3 is 10.2 Å². The van der Waals surface area contributed by atoms with E-state index in [1.807, 2.05) is 44.2 Å². The monoisotopic (exact) mass is 370 g/mol. The second kappa shape index (κ2) is 10.5. The van der Waals surface area contributed by atoms with Crippen LogP contribution in [0.5, 0.6) is 0 Å². The molecule has 2 aromatic rings. The van der Waals surface area contributed by atoms with Crippen LogP contribution in [0.4, 0.5) is 4.39 Å². The van der Waals surface area contributed by atoms with E-state index in [4.69, 9.17) is 0 Å². The molecule has 2 aromatic carbocycles. The van der Waals surface area contributed by atoms with Crippen LogP contribution < -0.4 is 5.32 Å². The molecular weight excluding hydrogens is 343 g/mol. The summed E-state index contributed by atoms with van der Waals surface area (Å²) in [5.74, 6) is -0.623. The summed E-state index contributed by atoms with van der Waals surface area (Å²) in [4.78, 5) is 27.4. The van der Waals surface area contributed by atoms with Crippen molar-refractivity contribution in [2.45, 2.75) is 45.7 Å². The number of rotatable bonds is 9. The number of nitrogens with one attached hydrogen (secondary N) is 1. The van der Waals surface area contributed by atoms with E-state index in [1.54, 1.807) is 17.0 Å². The van der Waals surface area contributed by atoms with Crippen molar-refractivity contribution in [3.63, 3.8) is 0 Å². The summed E-state index contributed by atoms with van der Waals surface area (Å²) in [5, 5.41) is 2.91. The molecule has 0 aliphatic heterocycles. The van der Waals surface area contributed by atoms with E-state index in [1.165, 1.54) is 12.1 Å². The Kier molecular flexibility index (Phi) is 7.99. The Morgan fingerprint density at radius 3 is 2.26 bits per heavy atom. The molecule has 4 nitrogen and oxygen atoms in total. The van der Waals surface area contributed by atoms with E-state index in [-0.39, 0.29) is 24.2 Å². The molecule has 27 heavy (non-hydrogen) atoms. The smallest absolute Gasteiger partial charge is 0.247 e. The van der Waals surface area contributed by atoms with Gasteiger partial charge in [0.25, 0.3) is 0 Å². The van der Waals surface area contributed by atoms with Crippen LogP contribution in [0.25, 0.3) is 0 Å². The molecule has 0 heterocycles. The van der Waals surface area contributed by atoms with E-state index in [0.29, 0.717) is 19.4 Å². The first-order chi connectivity index (χ1) is 13.1. The van der Waals surface area contributed by atoms with Gasteiger partial charge in [-0.05, 0) is 36.1 Å². The van der Waals surface area contributed by atoms with Crippen LogP contribution in [0, 0.1) is 5.82 Å². The highest BCUT2D eigenvalue weighted by Gasteiger charge is 2.30. The highest BCUT2D eigenvalue weighted by atomic mass is 19.1. The maximum Gasteiger partial charge on any atom is 0.247 e. The topological polar surface area (TPSA) is 49.4 Å². The number of nitrogens with zero attached hydrogens (tertiary/aromatic N) is 1. The summed E-state index contributed by atoms with van der Waals surface area (Å²) in [6.07, 6.45) is 1.86. The lowest BCUT2D eigenvalue weighted by molar-refractivity contribution is -0.141. The summed E-state index contributed by atoms with van der Waals surface area (Å²) in [6.45, 7) is 4.71. The Balaban J connectivity index is 2.39. The van der Waals surface area contributed by atoms with Gasteiger partial charge in [0.15, 0.2) is 0 Å². The summed E-state index contributed by atoms with van der Waals surface area (Å²) >= 11 is 0. The van der Waals surface area contributed by atoms with Crippen molar-refractivity contribution >= 4 is 11.8 Å². The zero-order valence-corrected chi connectivity index (χ0v) is 16.0. The molecule has 0 saturated heterocycles. The van der Waals surface area contributed by atoms with Gasteiger partial charge in [0.05, 0.1) is 0 Å². The van der Waals surface area contributed by atoms with Crippen LogP contribution in [0.15, 0.2) is 54.6 Å². The Morgan fingerprint density at radius 1 is 1.00 bits per heavy atom. The van der Waals surface area contributed by atoms with Gasteiger partial charge in [0.2, 0.25) is 11.8 Å². The van der Waals surface area contributed by atoms with Crippen LogP contribution in [0.2, 0.25) is 0 Å². The summed E-state index contributed by atoms with van der Waals surface area (Å²) in [5.41, 5.74) is 1.54. The fourth-order valence-electron chi connectivity index (χ4n) is 2.92. The number of benzene rings is 2. The number of halogens is 1. The Labute approximate surface area is 160 Å². The second-order valence-corrected chi connectivity index (χ2v) is 6.50. The predicted molar refractivity (Wildman–Crippen MR) is 104 cm³/mol. The van der Waals surface area contributed by atoms with Crippen molar-refractivity contribution < 1.29 is 14.0 Å². The Morgan fingerprint density at radius 2 is 1.67 bits per heavy atom. The van der Waals surface area contributed by atoms with E-state index in [9.17, 15) is 14.0 Å². The fourth-order valence-corrected chi connectivity index (χ4v) is 2.92. The highest BCUT2D eigenvalue weighted by molar-refractivity contribution is 5.88. The Bertz CT molecular complexity index is 732. The molecule has 0 saturated carbocycles. The van der Waals surface area contributed by atoms with Gasteiger partial charge in [-0.3, -0.25) is 9.59 Å². The summed E-state index contributed by atoms with van der Waals surface area (Å²) in [7, 11) is 0. The maximum atomic E-state index is 13.2. The molecular formula is C22H27FN2O2. The summed E-state index contributed by atoms with van der Waals surface area (Å²) < 4.78 is 13.2. The molecule has 2 amide bonds. The molecule has 0 unspecified atom stereocenters. The molecule has 0 aromatic heterocycles. The summed E-state index contributed by atoms with van der Waals surface area (Å²) in [6, 6.07) is 14.6. The average Bonchev–Trinajstić information content (AvgIpc) is 2.68. The van der Waals surface area contributed by atoms with Crippen LogP contribution >= 0.6 is 0 Å². The van der Waals surface area contributed by atoms with E-state index in [0.717, 1.165) is 17.5 Å². The predicted octanol–water partition coefficient (Wildman–Crippen LogP) is 4.22. The SMILES string of the molecule is CCCNC(=O)[C@H](c1ccccc1)N(Cc1ccc(F)cc1)C(=O)CCC. The lowest BCUT2D eigenvalue weighted by Gasteiger charge is -2.31. The van der Waals surface area contributed by atoms with Gasteiger partial charge >= 0.3 is 0 Å². The molecule has 1 atom stereocenters. The first kappa shape index (κ1) is 20.6. The second-order valence-electron chi connectivity index (χ2n) is 6.50. The van der Waals surface area contributed by atoms with Crippen molar-refractivity contribution in [3.8, 4) is 0 Å². The zero-order chi connectivity index (χ0) is 19.6. The molecule has 2 rings (SSSR count). The first-order valence-electron chi connectivity index (χ1n) is 9.43. The van der Waals surface area contributed by atoms with Crippen molar-refractivity contribution in [1.82, 2.24) is 10.2 Å². The molecule has 144 valence electrons. The molecule has 0 aliphatic rings. The van der Waals surface area contributed by atoms with Gasteiger partial charge in [-0.25, -0.2) is 4.39 Å². The maximum absolute atomic E-state index is 13.2. The van der Waals surface area contributed by atoms with Gasteiger partial charge in [0.1, 0.15) is 11.9 Å². The quantitative estimate of drug-likeness (QED) is 0.718. The van der Waals surface area contributed by atoms with Crippen LogP contribution in [-0.4, -0.2) is 23.3 Å². The standard InChI is InChI=1S/C22H27FN2O2/c1-3-8-20(26)25(16-17-11-13-19(23)14-12-17)21(22(27)24-15-4-2)18-9-6-5-7-10-18/h5-7,9-14,21H,3-4,8,15-16H2,1-2H3,(H,24,27)/t21-/m0/s1. The number of carbonyl (C=O) groups is 2. The molecule has 5 heteroatoms. The van der Waals surface area contributed by atoms with Gasteiger partial charge in [-0.1, -0.05) is 56.3 Å². The largest absolute Gasteiger partial charge is 0.354 e. The van der Waals surface area contributed by atoms with Gasteiger partial charge in [0, 0.05) is 19.5 Å². The highest BCUT2D eigenvalue weighted by Crippen LogP contribution is 2.25. The molecule has 0 spiro atoms. The average molecular weight is 370 g/mol. The number of amides is 2. The van der Waals surface area contributed by atoms with Crippen molar-refractivity contribution in [3.05, 3.63) is 71.5 Å². The van der Waals surface area contributed by atoms with Crippen LogP contribution in [-0.2, 0) is 16.1 Å². The minimum atomic E-state index is -0.721. The number of hydrogen-bond acceptors (Lipinski definition) is 2. The minimum absolute atomic E-state index is 0.0951. The number of carbonyl (C=O) groups excluding carboxylic acids is 2. The fraction of sp³-hybridized carbons (Fsp3) is 0.364. The third kappa shape index (κ3) is 5.91. The van der Waals surface area contributed by atoms with Gasteiger partial charge in [-0.2, -0.15) is 0 Å². The van der Waals surface area contributed by atoms with Crippen molar-refractivity contribution in [1.29, 1.82) is 0 Å². The molecule has 0 fully saturated rings. The van der Waals surface area contributed by atoms with Crippen molar-refractivity contribution in [2.24, 2.45) is 0 Å². The van der Waals surface area contributed by atoms with Crippen molar-refractivity contribution in [2.75, 3.05) is 6.54 Å². The van der Waals surface area contributed by atoms with Crippen LogP contribution in [0.3, 0.4) is 0 Å². The molecule has 0 radical (unpaired) electrons. The van der Waals surface area contributed by atoms with E-state index in [2.05, 4.69) is 5.32 Å². The Hall–Kier alpha value is -2.69. The lowest BCUT2D eigenvalue weighted by atomic mass is 10.0. The molecule has 1 N–H and O–H groups in total. The number of hydrogen-bond donors (Lipinski definition) is 1. The minimum Gasteiger partial charge on any atom is -0.354 e. The zero-order valence-electron chi connectivity index (χ0n) is 16.0.